The Bertz CT molecular complexity index is 495. The third-order valence-electron chi connectivity index (χ3n) is 4.38. The summed E-state index contributed by atoms with van der Waals surface area (Å²) in [7, 11) is 0. The maximum absolute atomic E-state index is 13.2. The van der Waals surface area contributed by atoms with Gasteiger partial charge >= 0.3 is 6.18 Å². The van der Waals surface area contributed by atoms with E-state index >= 15 is 0 Å². The Hall–Kier alpha value is -1.18. The van der Waals surface area contributed by atoms with Crippen LogP contribution in [0.3, 0.4) is 0 Å². The molecule has 5 atom stereocenters. The Morgan fingerprint density at radius 1 is 1.29 bits per heavy atom. The fourth-order valence-electron chi connectivity index (χ4n) is 3.19. The molecule has 0 bridgehead atoms. The predicted octanol–water partition coefficient (Wildman–Crippen LogP) is 2.66. The largest absolute Gasteiger partial charge is 0.416 e. The zero-order valence-corrected chi connectivity index (χ0v) is 12.2. The predicted molar refractivity (Wildman–Crippen MR) is 72.0 cm³/mol. The Labute approximate surface area is 121 Å². The molecule has 1 aromatic rings. The van der Waals surface area contributed by atoms with E-state index in [0.29, 0.717) is 0 Å². The number of nitrogens with two attached hydrogens (primary N) is 1. The van der Waals surface area contributed by atoms with E-state index in [-0.39, 0.29) is 29.6 Å². The summed E-state index contributed by atoms with van der Waals surface area (Å²) in [5, 5.41) is 0. The van der Waals surface area contributed by atoms with Crippen LogP contribution >= 0.6 is 0 Å². The van der Waals surface area contributed by atoms with E-state index < -0.39 is 17.8 Å². The number of nitrogens with one attached hydrogen (secondary N) is 1. The van der Waals surface area contributed by atoms with E-state index in [1.54, 1.807) is 0 Å². The van der Waals surface area contributed by atoms with Gasteiger partial charge in [-0.05, 0) is 25.8 Å². The van der Waals surface area contributed by atoms with Crippen LogP contribution < -0.4 is 11.3 Å². The summed E-state index contributed by atoms with van der Waals surface area (Å²) in [6.07, 6.45) is -2.27. The number of rotatable bonds is 3. The van der Waals surface area contributed by atoms with Gasteiger partial charge in [-0.25, -0.2) is 0 Å². The summed E-state index contributed by atoms with van der Waals surface area (Å²) < 4.78 is 45.2. The monoisotopic (exact) mass is 303 g/mol. The quantitative estimate of drug-likeness (QED) is 0.666. The molecule has 0 spiro atoms. The molecule has 3 N–H and O–H groups in total. The maximum atomic E-state index is 13.2. The van der Waals surface area contributed by atoms with Crippen molar-refractivity contribution in [3.8, 4) is 0 Å². The minimum Gasteiger partial charge on any atom is -0.375 e. The van der Waals surface area contributed by atoms with Crippen molar-refractivity contribution >= 4 is 0 Å². The standard InChI is InChI=1S/C14H20F3N3O/c1-7-8(2)21-9(3)12(7)13(20-18)10-6-19-5-4-11(10)14(15,16)17/h4-9,12-13,20H,18H2,1-3H3. The molecule has 1 aromatic heterocycles. The molecule has 4 nitrogen and oxygen atoms in total. The highest BCUT2D eigenvalue weighted by Gasteiger charge is 2.44. The van der Waals surface area contributed by atoms with Crippen molar-refractivity contribution in [2.24, 2.45) is 17.7 Å². The second kappa shape index (κ2) is 5.90. The van der Waals surface area contributed by atoms with Gasteiger partial charge in [-0.15, -0.1) is 0 Å². The van der Waals surface area contributed by atoms with Crippen molar-refractivity contribution in [1.29, 1.82) is 0 Å². The van der Waals surface area contributed by atoms with Crippen LogP contribution in [0.15, 0.2) is 18.5 Å². The van der Waals surface area contributed by atoms with E-state index in [0.717, 1.165) is 12.3 Å². The molecule has 5 unspecified atom stereocenters. The molecule has 1 aliphatic rings. The first-order valence-corrected chi connectivity index (χ1v) is 6.90. The van der Waals surface area contributed by atoms with Gasteiger partial charge in [0.05, 0.1) is 23.8 Å². The highest BCUT2D eigenvalue weighted by Crippen LogP contribution is 2.43. The fraction of sp³-hybridized carbons (Fsp3) is 0.643. The van der Waals surface area contributed by atoms with E-state index in [1.165, 1.54) is 6.20 Å². The first-order valence-electron chi connectivity index (χ1n) is 6.90. The van der Waals surface area contributed by atoms with Crippen LogP contribution in [-0.4, -0.2) is 17.2 Å². The van der Waals surface area contributed by atoms with Gasteiger partial charge in [-0.3, -0.25) is 16.3 Å². The lowest BCUT2D eigenvalue weighted by Gasteiger charge is -2.30. The number of ether oxygens (including phenoxy) is 1. The van der Waals surface area contributed by atoms with Gasteiger partial charge in [0.2, 0.25) is 0 Å². The Balaban J connectivity index is 2.43. The van der Waals surface area contributed by atoms with Gasteiger partial charge in [-0.1, -0.05) is 6.92 Å². The summed E-state index contributed by atoms with van der Waals surface area (Å²) in [6.45, 7) is 5.74. The average Bonchev–Trinajstić information content (AvgIpc) is 2.66. The fourth-order valence-corrected chi connectivity index (χ4v) is 3.19. The molecule has 118 valence electrons. The number of hydrazine groups is 1. The van der Waals surface area contributed by atoms with Gasteiger partial charge in [-0.2, -0.15) is 13.2 Å². The minimum atomic E-state index is -4.44. The van der Waals surface area contributed by atoms with Crippen molar-refractivity contribution in [1.82, 2.24) is 10.4 Å². The van der Waals surface area contributed by atoms with E-state index in [4.69, 9.17) is 10.6 Å². The number of nitrogens with zero attached hydrogens (tertiary/aromatic N) is 1. The number of halogens is 3. The van der Waals surface area contributed by atoms with Gasteiger partial charge < -0.3 is 4.74 Å². The molecule has 1 saturated heterocycles. The van der Waals surface area contributed by atoms with Gasteiger partial charge in [0.1, 0.15) is 0 Å². The SMILES string of the molecule is CC1OC(C)C(C(NN)c2cnccc2C(F)(F)F)C1C. The molecular formula is C14H20F3N3O. The van der Waals surface area contributed by atoms with Crippen molar-refractivity contribution < 1.29 is 17.9 Å². The van der Waals surface area contributed by atoms with Crippen molar-refractivity contribution in [3.05, 3.63) is 29.6 Å². The molecule has 21 heavy (non-hydrogen) atoms. The summed E-state index contributed by atoms with van der Waals surface area (Å²) in [4.78, 5) is 3.83. The molecule has 0 aliphatic carbocycles. The maximum Gasteiger partial charge on any atom is 0.416 e. The summed E-state index contributed by atoms with van der Waals surface area (Å²) in [5.41, 5.74) is 1.89. The zero-order chi connectivity index (χ0) is 15.8. The topological polar surface area (TPSA) is 60.2 Å². The van der Waals surface area contributed by atoms with Crippen molar-refractivity contribution in [2.75, 3.05) is 0 Å². The van der Waals surface area contributed by atoms with Crippen molar-refractivity contribution in [3.63, 3.8) is 0 Å². The zero-order valence-electron chi connectivity index (χ0n) is 12.2. The first-order chi connectivity index (χ1) is 9.77. The van der Waals surface area contributed by atoms with Crippen LogP contribution in [0.5, 0.6) is 0 Å². The molecule has 1 fully saturated rings. The summed E-state index contributed by atoms with van der Waals surface area (Å²) in [6, 6.07) is 0.319. The lowest BCUT2D eigenvalue weighted by Crippen LogP contribution is -2.39. The van der Waals surface area contributed by atoms with Crippen molar-refractivity contribution in [2.45, 2.75) is 45.2 Å². The molecule has 0 amide bonds. The molecule has 2 heterocycles. The Morgan fingerprint density at radius 2 is 1.95 bits per heavy atom. The molecule has 0 radical (unpaired) electrons. The summed E-state index contributed by atoms with van der Waals surface area (Å²) >= 11 is 0. The first kappa shape index (κ1) is 16.2. The number of pyridine rings is 1. The average molecular weight is 303 g/mol. The lowest BCUT2D eigenvalue weighted by atomic mass is 9.80. The third-order valence-corrected chi connectivity index (χ3v) is 4.38. The van der Waals surface area contributed by atoms with E-state index in [9.17, 15) is 13.2 Å². The molecule has 0 aromatic carbocycles. The normalized spacial score (nSPS) is 31.4. The highest BCUT2D eigenvalue weighted by molar-refractivity contribution is 5.30. The van der Waals surface area contributed by atoms with Gasteiger partial charge in [0, 0.05) is 23.9 Å². The lowest BCUT2D eigenvalue weighted by molar-refractivity contribution is -0.138. The molecule has 7 heteroatoms. The van der Waals surface area contributed by atoms with Crippen LogP contribution in [0, 0.1) is 11.8 Å². The smallest absolute Gasteiger partial charge is 0.375 e. The highest BCUT2D eigenvalue weighted by atomic mass is 19.4. The third kappa shape index (κ3) is 3.04. The number of hydrogen-bond acceptors (Lipinski definition) is 4. The minimum absolute atomic E-state index is 0.0214. The second-order valence-corrected chi connectivity index (χ2v) is 5.59. The molecular weight excluding hydrogens is 283 g/mol. The second-order valence-electron chi connectivity index (χ2n) is 5.59. The number of alkyl halides is 3. The van der Waals surface area contributed by atoms with E-state index in [2.05, 4.69) is 10.4 Å². The van der Waals surface area contributed by atoms with Crippen LogP contribution in [0.2, 0.25) is 0 Å². The Morgan fingerprint density at radius 3 is 2.43 bits per heavy atom. The van der Waals surface area contributed by atoms with Crippen LogP contribution in [-0.2, 0) is 10.9 Å². The number of hydrogen-bond donors (Lipinski definition) is 2. The molecule has 2 rings (SSSR count). The molecule has 1 aliphatic heterocycles. The Kier molecular flexibility index (Phi) is 4.55. The van der Waals surface area contributed by atoms with Crippen LogP contribution in [0.1, 0.15) is 37.9 Å². The van der Waals surface area contributed by atoms with Crippen LogP contribution in [0.4, 0.5) is 13.2 Å². The van der Waals surface area contributed by atoms with E-state index in [1.807, 2.05) is 20.8 Å². The summed E-state index contributed by atoms with van der Waals surface area (Å²) in [5.74, 6) is 5.49. The number of aromatic nitrogens is 1. The van der Waals surface area contributed by atoms with Gasteiger partial charge in [0.15, 0.2) is 0 Å². The van der Waals surface area contributed by atoms with Gasteiger partial charge in [0.25, 0.3) is 0 Å². The van der Waals surface area contributed by atoms with Crippen LogP contribution in [0.25, 0.3) is 0 Å². The molecule has 0 saturated carbocycles.